The predicted molar refractivity (Wildman–Crippen MR) is 78.4 cm³/mol. The number of nitrogens with two attached hydrogens (primary N) is 1. The highest BCUT2D eigenvalue weighted by Crippen LogP contribution is 2.22. The molecule has 0 fully saturated rings. The van der Waals surface area contributed by atoms with Crippen molar-refractivity contribution in [1.82, 2.24) is 4.57 Å². The molecular weight excluding hydrogens is 255 g/mol. The zero-order valence-corrected chi connectivity index (χ0v) is 11.1. The highest BCUT2D eigenvalue weighted by molar-refractivity contribution is 5.80. The average molecular weight is 270 g/mol. The van der Waals surface area contributed by atoms with Gasteiger partial charge in [-0.3, -0.25) is 0 Å². The molecule has 3 aromatic rings. The van der Waals surface area contributed by atoms with Crippen LogP contribution in [0.5, 0.6) is 5.75 Å². The number of hydrogen-bond donors (Lipinski definition) is 1. The molecule has 20 heavy (non-hydrogen) atoms. The van der Waals surface area contributed by atoms with E-state index in [0.717, 1.165) is 22.2 Å². The van der Waals surface area contributed by atoms with Gasteiger partial charge >= 0.3 is 0 Å². The first-order valence-electron chi connectivity index (χ1n) is 6.33. The van der Waals surface area contributed by atoms with Crippen molar-refractivity contribution in [3.05, 3.63) is 60.0 Å². The molecule has 0 spiro atoms. The Hall–Kier alpha value is -2.49. The van der Waals surface area contributed by atoms with Crippen LogP contribution >= 0.6 is 0 Å². The molecule has 0 bridgehead atoms. The molecule has 2 N–H and O–H groups in total. The van der Waals surface area contributed by atoms with Crippen molar-refractivity contribution in [1.29, 1.82) is 0 Å². The number of fused-ring (bicyclic) bond motifs is 1. The number of anilines is 1. The molecule has 0 saturated heterocycles. The lowest BCUT2D eigenvalue weighted by atomic mass is 10.2. The Kier molecular flexibility index (Phi) is 3.06. The Morgan fingerprint density at radius 1 is 1.15 bits per heavy atom. The number of nitrogens with zero attached hydrogens (tertiary/aromatic N) is 1. The van der Waals surface area contributed by atoms with Gasteiger partial charge in [-0.15, -0.1) is 0 Å². The Labute approximate surface area is 116 Å². The van der Waals surface area contributed by atoms with Crippen LogP contribution in [-0.4, -0.2) is 11.7 Å². The fourth-order valence-corrected chi connectivity index (χ4v) is 2.39. The van der Waals surface area contributed by atoms with Crippen molar-refractivity contribution in [3.63, 3.8) is 0 Å². The Bertz CT molecular complexity index is 764. The van der Waals surface area contributed by atoms with Crippen molar-refractivity contribution in [2.24, 2.45) is 0 Å². The van der Waals surface area contributed by atoms with Gasteiger partial charge in [-0.25, -0.2) is 4.39 Å². The second-order valence-electron chi connectivity index (χ2n) is 4.76. The van der Waals surface area contributed by atoms with E-state index in [1.807, 2.05) is 29.0 Å². The Morgan fingerprint density at radius 2 is 2.00 bits per heavy atom. The zero-order chi connectivity index (χ0) is 14.1. The summed E-state index contributed by atoms with van der Waals surface area (Å²) in [7, 11) is 1.61. The summed E-state index contributed by atoms with van der Waals surface area (Å²) in [6.45, 7) is 0.619. The fraction of sp³-hybridized carbons (Fsp3) is 0.125. The predicted octanol–water partition coefficient (Wildman–Crippen LogP) is 3.42. The first-order valence-corrected chi connectivity index (χ1v) is 6.33. The maximum absolute atomic E-state index is 13.4. The van der Waals surface area contributed by atoms with E-state index < -0.39 is 0 Å². The summed E-state index contributed by atoms with van der Waals surface area (Å²) >= 11 is 0. The molecule has 102 valence electrons. The van der Waals surface area contributed by atoms with Gasteiger partial charge in [0.25, 0.3) is 0 Å². The maximum Gasteiger partial charge on any atom is 0.125 e. The standard InChI is InChI=1S/C16H15FN2O/c1-20-15-7-11(6-14(18)9-15)10-19-5-4-12-2-3-13(17)8-16(12)19/h2-9H,10,18H2,1H3. The molecule has 0 radical (unpaired) electrons. The van der Waals surface area contributed by atoms with Crippen molar-refractivity contribution in [2.45, 2.75) is 6.54 Å². The van der Waals surface area contributed by atoms with Crippen LogP contribution in [0.2, 0.25) is 0 Å². The number of hydrogen-bond acceptors (Lipinski definition) is 2. The lowest BCUT2D eigenvalue weighted by Crippen LogP contribution is -2.00. The fourth-order valence-electron chi connectivity index (χ4n) is 2.39. The maximum atomic E-state index is 13.4. The first-order chi connectivity index (χ1) is 9.65. The molecule has 2 aromatic carbocycles. The summed E-state index contributed by atoms with van der Waals surface area (Å²) in [6, 6.07) is 12.4. The number of benzene rings is 2. The van der Waals surface area contributed by atoms with Crippen LogP contribution in [0.25, 0.3) is 10.9 Å². The van der Waals surface area contributed by atoms with Crippen LogP contribution in [-0.2, 0) is 6.54 Å². The van der Waals surface area contributed by atoms with Crippen LogP contribution in [0, 0.1) is 5.82 Å². The van der Waals surface area contributed by atoms with Gasteiger partial charge in [-0.1, -0.05) is 0 Å². The first kappa shape index (κ1) is 12.5. The van der Waals surface area contributed by atoms with Gasteiger partial charge in [0.1, 0.15) is 11.6 Å². The van der Waals surface area contributed by atoms with Crippen molar-refractivity contribution < 1.29 is 9.13 Å². The normalized spacial score (nSPS) is 10.9. The van der Waals surface area contributed by atoms with Crippen LogP contribution < -0.4 is 10.5 Å². The summed E-state index contributed by atoms with van der Waals surface area (Å²) in [5, 5.41) is 1.02. The third-order valence-corrected chi connectivity index (χ3v) is 3.31. The van der Waals surface area contributed by atoms with Gasteiger partial charge < -0.3 is 15.0 Å². The van der Waals surface area contributed by atoms with E-state index in [0.29, 0.717) is 12.2 Å². The van der Waals surface area contributed by atoms with Gasteiger partial charge in [0, 0.05) is 24.5 Å². The van der Waals surface area contributed by atoms with Gasteiger partial charge in [-0.05, 0) is 47.3 Å². The Balaban J connectivity index is 2.00. The number of rotatable bonds is 3. The number of aromatic nitrogens is 1. The highest BCUT2D eigenvalue weighted by Gasteiger charge is 2.05. The minimum absolute atomic E-state index is 0.234. The molecule has 1 aromatic heterocycles. The molecule has 0 atom stereocenters. The molecule has 1 heterocycles. The molecule has 3 rings (SSSR count). The van der Waals surface area contributed by atoms with E-state index in [4.69, 9.17) is 10.5 Å². The summed E-state index contributed by atoms with van der Waals surface area (Å²) < 4.78 is 20.6. The summed E-state index contributed by atoms with van der Waals surface area (Å²) in [5.41, 5.74) is 8.39. The lowest BCUT2D eigenvalue weighted by molar-refractivity contribution is 0.414. The average Bonchev–Trinajstić information content (AvgIpc) is 2.80. The van der Waals surface area contributed by atoms with Crippen molar-refractivity contribution >= 4 is 16.6 Å². The molecule has 0 amide bonds. The van der Waals surface area contributed by atoms with Gasteiger partial charge in [0.15, 0.2) is 0 Å². The summed E-state index contributed by atoms with van der Waals surface area (Å²) in [4.78, 5) is 0. The van der Waals surface area contributed by atoms with Gasteiger partial charge in [0.2, 0.25) is 0 Å². The second-order valence-corrected chi connectivity index (χ2v) is 4.76. The third kappa shape index (κ3) is 2.32. The SMILES string of the molecule is COc1cc(N)cc(Cn2ccc3ccc(F)cc32)c1. The van der Waals surface area contributed by atoms with Crippen LogP contribution in [0.4, 0.5) is 10.1 Å². The smallest absolute Gasteiger partial charge is 0.125 e. The Morgan fingerprint density at radius 3 is 2.80 bits per heavy atom. The third-order valence-electron chi connectivity index (χ3n) is 3.31. The summed E-state index contributed by atoms with van der Waals surface area (Å²) in [5.74, 6) is 0.491. The molecule has 0 aliphatic carbocycles. The lowest BCUT2D eigenvalue weighted by Gasteiger charge is -2.09. The molecular formula is C16H15FN2O. The van der Waals surface area contributed by atoms with Crippen LogP contribution in [0.1, 0.15) is 5.56 Å². The van der Waals surface area contributed by atoms with E-state index in [9.17, 15) is 4.39 Å². The van der Waals surface area contributed by atoms with E-state index in [1.165, 1.54) is 6.07 Å². The van der Waals surface area contributed by atoms with E-state index in [1.54, 1.807) is 25.3 Å². The molecule has 4 heteroatoms. The zero-order valence-electron chi connectivity index (χ0n) is 11.1. The minimum atomic E-state index is -0.234. The number of methoxy groups -OCH3 is 1. The minimum Gasteiger partial charge on any atom is -0.497 e. The number of halogens is 1. The van der Waals surface area contributed by atoms with Crippen molar-refractivity contribution in [2.75, 3.05) is 12.8 Å². The van der Waals surface area contributed by atoms with E-state index >= 15 is 0 Å². The largest absolute Gasteiger partial charge is 0.497 e. The topological polar surface area (TPSA) is 40.2 Å². The quantitative estimate of drug-likeness (QED) is 0.741. The molecule has 0 aliphatic rings. The van der Waals surface area contributed by atoms with Gasteiger partial charge in [0.05, 0.1) is 12.6 Å². The van der Waals surface area contributed by atoms with Crippen LogP contribution in [0.15, 0.2) is 48.7 Å². The number of nitrogen functional groups attached to an aromatic ring is 1. The highest BCUT2D eigenvalue weighted by atomic mass is 19.1. The van der Waals surface area contributed by atoms with E-state index in [-0.39, 0.29) is 5.82 Å². The van der Waals surface area contributed by atoms with Crippen molar-refractivity contribution in [3.8, 4) is 5.75 Å². The number of ether oxygens (including phenoxy) is 1. The monoisotopic (exact) mass is 270 g/mol. The molecule has 3 nitrogen and oxygen atoms in total. The molecule has 0 aliphatic heterocycles. The molecule has 0 saturated carbocycles. The summed E-state index contributed by atoms with van der Waals surface area (Å²) in [6.07, 6.45) is 1.94. The van der Waals surface area contributed by atoms with Gasteiger partial charge in [-0.2, -0.15) is 0 Å². The van der Waals surface area contributed by atoms with Crippen LogP contribution in [0.3, 0.4) is 0 Å². The molecule has 0 unspecified atom stereocenters. The van der Waals surface area contributed by atoms with E-state index in [2.05, 4.69) is 0 Å². The second kappa shape index (κ2) is 4.89.